The van der Waals surface area contributed by atoms with Gasteiger partial charge in [-0.1, -0.05) is 29.4 Å². The Morgan fingerprint density at radius 2 is 1.97 bits per heavy atom. The number of nitrogens with zero attached hydrogens (tertiary/aromatic N) is 3. The molecule has 2 heterocycles. The highest BCUT2D eigenvalue weighted by molar-refractivity contribution is 7.99. The molecule has 1 N–H and O–H groups in total. The van der Waals surface area contributed by atoms with Gasteiger partial charge in [0.2, 0.25) is 5.91 Å². The highest BCUT2D eigenvalue weighted by atomic mass is 35.5. The number of anilines is 1. The summed E-state index contributed by atoms with van der Waals surface area (Å²) in [4.78, 5) is 12.3. The minimum atomic E-state index is -0.140. The fourth-order valence-electron chi connectivity index (χ4n) is 2.87. The highest BCUT2D eigenvalue weighted by Crippen LogP contribution is 2.34. The zero-order valence-corrected chi connectivity index (χ0v) is 17.5. The summed E-state index contributed by atoms with van der Waals surface area (Å²) in [5.74, 6) is 2.18. The summed E-state index contributed by atoms with van der Waals surface area (Å²) in [5, 5.41) is 12.6. The molecule has 0 saturated heterocycles. The average Bonchev–Trinajstić information content (AvgIpc) is 3.09. The second-order valence-electron chi connectivity index (χ2n) is 6.52. The van der Waals surface area contributed by atoms with Gasteiger partial charge in [0.25, 0.3) is 0 Å². The van der Waals surface area contributed by atoms with Crippen molar-refractivity contribution in [1.82, 2.24) is 14.8 Å². The number of amides is 1. The Labute approximate surface area is 177 Å². The molecule has 29 heavy (non-hydrogen) atoms. The van der Waals surface area contributed by atoms with Crippen LogP contribution in [0.1, 0.15) is 5.56 Å². The first kappa shape index (κ1) is 19.6. The van der Waals surface area contributed by atoms with Crippen LogP contribution in [0.2, 0.25) is 5.02 Å². The van der Waals surface area contributed by atoms with Crippen LogP contribution < -0.4 is 14.8 Å². The third kappa shape index (κ3) is 4.33. The number of hydrogen-bond donors (Lipinski definition) is 1. The smallest absolute Gasteiger partial charge is 0.234 e. The number of fused-ring (bicyclic) bond motifs is 1. The van der Waals surface area contributed by atoms with E-state index >= 15 is 0 Å². The Hall–Kier alpha value is -2.71. The molecule has 0 spiro atoms. The Morgan fingerprint density at radius 1 is 1.17 bits per heavy atom. The zero-order chi connectivity index (χ0) is 20.4. The van der Waals surface area contributed by atoms with Gasteiger partial charge in [0.05, 0.1) is 5.75 Å². The van der Waals surface area contributed by atoms with E-state index in [0.29, 0.717) is 40.7 Å². The van der Waals surface area contributed by atoms with Crippen LogP contribution in [0.4, 0.5) is 5.69 Å². The quantitative estimate of drug-likeness (QED) is 0.617. The molecule has 0 radical (unpaired) electrons. The van der Waals surface area contributed by atoms with Crippen molar-refractivity contribution in [1.29, 1.82) is 0 Å². The van der Waals surface area contributed by atoms with Gasteiger partial charge in [-0.05, 0) is 42.8 Å². The summed E-state index contributed by atoms with van der Waals surface area (Å²) in [6.07, 6.45) is 0. The van der Waals surface area contributed by atoms with E-state index in [0.717, 1.165) is 16.9 Å². The number of thioether (sulfide) groups is 1. The number of halogens is 1. The zero-order valence-electron chi connectivity index (χ0n) is 15.9. The van der Waals surface area contributed by atoms with Gasteiger partial charge in [-0.2, -0.15) is 0 Å². The summed E-state index contributed by atoms with van der Waals surface area (Å²) in [7, 11) is 1.87. The Balaban J connectivity index is 1.42. The maximum atomic E-state index is 12.3. The van der Waals surface area contributed by atoms with Crippen LogP contribution in [0.5, 0.6) is 11.5 Å². The van der Waals surface area contributed by atoms with Crippen molar-refractivity contribution in [2.24, 2.45) is 7.05 Å². The third-order valence-corrected chi connectivity index (χ3v) is 5.85. The summed E-state index contributed by atoms with van der Waals surface area (Å²) in [6, 6.07) is 11.1. The van der Waals surface area contributed by atoms with Crippen molar-refractivity contribution in [3.8, 4) is 22.9 Å². The first-order valence-electron chi connectivity index (χ1n) is 8.99. The molecule has 1 aromatic heterocycles. The maximum absolute atomic E-state index is 12.3. The highest BCUT2D eigenvalue weighted by Gasteiger charge is 2.17. The topological polar surface area (TPSA) is 78.3 Å². The molecule has 1 aliphatic rings. The summed E-state index contributed by atoms with van der Waals surface area (Å²) in [6.45, 7) is 2.99. The second kappa shape index (κ2) is 8.34. The van der Waals surface area contributed by atoms with Crippen molar-refractivity contribution >= 4 is 35.0 Å². The number of aryl methyl sites for hydroxylation is 1. The molecule has 1 aliphatic heterocycles. The van der Waals surface area contributed by atoms with Gasteiger partial charge in [0, 0.05) is 23.3 Å². The Bertz CT molecular complexity index is 1070. The molecule has 0 saturated carbocycles. The lowest BCUT2D eigenvalue weighted by molar-refractivity contribution is -0.113. The number of ether oxygens (including phenoxy) is 2. The number of carbonyl (C=O) groups excluding carboxylic acids is 1. The second-order valence-corrected chi connectivity index (χ2v) is 7.87. The summed E-state index contributed by atoms with van der Waals surface area (Å²) < 4.78 is 13.0. The fourth-order valence-corrected chi connectivity index (χ4v) is 3.76. The van der Waals surface area contributed by atoms with Crippen LogP contribution in [0.15, 0.2) is 41.6 Å². The minimum Gasteiger partial charge on any atom is -0.486 e. The van der Waals surface area contributed by atoms with Gasteiger partial charge in [-0.25, -0.2) is 0 Å². The van der Waals surface area contributed by atoms with E-state index in [9.17, 15) is 4.79 Å². The number of benzene rings is 2. The fraction of sp³-hybridized carbons (Fsp3) is 0.250. The predicted octanol–water partition coefficient (Wildman–Crippen LogP) is 3.95. The standard InChI is InChI=1S/C20H19ClN4O3S/c1-12-3-5-14(10-15(12)21)22-18(26)11-29-20-24-23-19(25(20)2)13-4-6-16-17(9-13)28-8-7-27-16/h3-6,9-10H,7-8,11H2,1-2H3,(H,22,26). The predicted molar refractivity (Wildman–Crippen MR) is 113 cm³/mol. The monoisotopic (exact) mass is 430 g/mol. The van der Waals surface area contributed by atoms with Crippen LogP contribution in [0.3, 0.4) is 0 Å². The molecular formula is C20H19ClN4O3S. The van der Waals surface area contributed by atoms with Crippen LogP contribution >= 0.6 is 23.4 Å². The van der Waals surface area contributed by atoms with Crippen LogP contribution in [-0.4, -0.2) is 39.6 Å². The van der Waals surface area contributed by atoms with E-state index in [1.54, 1.807) is 6.07 Å². The van der Waals surface area contributed by atoms with Gasteiger partial charge >= 0.3 is 0 Å². The molecule has 7 nitrogen and oxygen atoms in total. The molecule has 0 bridgehead atoms. The van der Waals surface area contributed by atoms with Crippen molar-refractivity contribution < 1.29 is 14.3 Å². The van der Waals surface area contributed by atoms with Gasteiger partial charge < -0.3 is 19.4 Å². The van der Waals surface area contributed by atoms with Gasteiger partial charge in [-0.15, -0.1) is 10.2 Å². The van der Waals surface area contributed by atoms with Crippen LogP contribution in [0, 0.1) is 6.92 Å². The number of rotatable bonds is 5. The van der Waals surface area contributed by atoms with E-state index in [1.165, 1.54) is 11.8 Å². The molecule has 0 aliphatic carbocycles. The lowest BCUT2D eigenvalue weighted by Crippen LogP contribution is -2.15. The molecule has 2 aromatic carbocycles. The molecule has 4 rings (SSSR count). The lowest BCUT2D eigenvalue weighted by atomic mass is 10.2. The molecule has 0 unspecified atom stereocenters. The van der Waals surface area contributed by atoms with Crippen molar-refractivity contribution in [2.75, 3.05) is 24.3 Å². The van der Waals surface area contributed by atoms with Gasteiger partial charge in [0.1, 0.15) is 13.2 Å². The number of nitrogens with one attached hydrogen (secondary N) is 1. The van der Waals surface area contributed by atoms with E-state index in [2.05, 4.69) is 15.5 Å². The summed E-state index contributed by atoms with van der Waals surface area (Å²) >= 11 is 7.42. The van der Waals surface area contributed by atoms with Crippen LogP contribution in [0.25, 0.3) is 11.4 Å². The van der Waals surface area contributed by atoms with Gasteiger partial charge in [-0.3, -0.25) is 4.79 Å². The maximum Gasteiger partial charge on any atom is 0.234 e. The number of carbonyl (C=O) groups is 1. The summed E-state index contributed by atoms with van der Waals surface area (Å²) in [5.41, 5.74) is 2.50. The molecule has 1 amide bonds. The molecule has 150 valence electrons. The molecule has 3 aromatic rings. The first-order valence-corrected chi connectivity index (χ1v) is 10.4. The van der Waals surface area contributed by atoms with Crippen molar-refractivity contribution in [2.45, 2.75) is 12.1 Å². The lowest BCUT2D eigenvalue weighted by Gasteiger charge is -2.18. The van der Waals surface area contributed by atoms with E-state index < -0.39 is 0 Å². The first-order chi connectivity index (χ1) is 14.0. The van der Waals surface area contributed by atoms with Crippen LogP contribution in [-0.2, 0) is 11.8 Å². The Morgan fingerprint density at radius 3 is 2.76 bits per heavy atom. The molecule has 0 fully saturated rings. The number of aromatic nitrogens is 3. The minimum absolute atomic E-state index is 0.140. The average molecular weight is 431 g/mol. The van der Waals surface area contributed by atoms with E-state index in [4.69, 9.17) is 21.1 Å². The van der Waals surface area contributed by atoms with E-state index in [1.807, 2.05) is 48.9 Å². The SMILES string of the molecule is Cc1ccc(NC(=O)CSc2nnc(-c3ccc4c(c3)OCCO4)n2C)cc1Cl. The molecule has 0 atom stereocenters. The number of hydrogen-bond acceptors (Lipinski definition) is 6. The third-order valence-electron chi connectivity index (χ3n) is 4.42. The molecular weight excluding hydrogens is 412 g/mol. The Kier molecular flexibility index (Phi) is 5.64. The normalized spacial score (nSPS) is 12.7. The van der Waals surface area contributed by atoms with Crippen molar-refractivity contribution in [3.05, 3.63) is 47.0 Å². The van der Waals surface area contributed by atoms with Gasteiger partial charge in [0.15, 0.2) is 22.5 Å². The largest absolute Gasteiger partial charge is 0.486 e. The van der Waals surface area contributed by atoms with E-state index in [-0.39, 0.29) is 11.7 Å². The van der Waals surface area contributed by atoms with Crippen molar-refractivity contribution in [3.63, 3.8) is 0 Å². The molecule has 9 heteroatoms.